The molecule has 0 bridgehead atoms. The Labute approximate surface area is 79.0 Å². The molecule has 1 N–H and O–H groups in total. The van der Waals surface area contributed by atoms with Crippen molar-refractivity contribution in [3.8, 4) is 0 Å². The summed E-state index contributed by atoms with van der Waals surface area (Å²) in [5.74, 6) is -0.0944. The maximum absolute atomic E-state index is 10.9. The topological polar surface area (TPSA) is 29.1 Å². The maximum Gasteiger partial charge on any atom is 0.235 e. The fourth-order valence-corrected chi connectivity index (χ4v) is 1.00. The molecule has 1 amide bonds. The normalized spacial score (nSPS) is 10.9. The van der Waals surface area contributed by atoms with Crippen molar-refractivity contribution in [2.45, 2.75) is 32.2 Å². The van der Waals surface area contributed by atoms with Crippen LogP contribution in [0.25, 0.3) is 0 Å². The van der Waals surface area contributed by atoms with Crippen LogP contribution in [0.2, 0.25) is 0 Å². The Kier molecular flexibility index (Phi) is 4.98. The van der Waals surface area contributed by atoms with Crippen LogP contribution in [0.1, 0.15) is 26.7 Å². The van der Waals surface area contributed by atoms with E-state index in [4.69, 9.17) is 11.6 Å². The summed E-state index contributed by atoms with van der Waals surface area (Å²) in [5.41, 5.74) is -0.180. The van der Waals surface area contributed by atoms with Crippen molar-refractivity contribution >= 4 is 17.5 Å². The quantitative estimate of drug-likeness (QED) is 0.521. The van der Waals surface area contributed by atoms with Gasteiger partial charge >= 0.3 is 0 Å². The van der Waals surface area contributed by atoms with E-state index in [0.717, 1.165) is 12.8 Å². The summed E-state index contributed by atoms with van der Waals surface area (Å²) < 4.78 is 0. The molecule has 0 aromatic rings. The van der Waals surface area contributed by atoms with Crippen molar-refractivity contribution in [2.24, 2.45) is 0 Å². The third-order valence-corrected chi connectivity index (χ3v) is 1.82. The Bertz CT molecular complexity index is 166. The summed E-state index contributed by atoms with van der Waals surface area (Å²) in [7, 11) is 0. The van der Waals surface area contributed by atoms with E-state index in [9.17, 15) is 4.79 Å². The van der Waals surface area contributed by atoms with E-state index in [1.165, 1.54) is 0 Å². The highest BCUT2D eigenvalue weighted by Crippen LogP contribution is 2.11. The van der Waals surface area contributed by atoms with Gasteiger partial charge in [0.15, 0.2) is 0 Å². The lowest BCUT2D eigenvalue weighted by Crippen LogP contribution is -2.43. The van der Waals surface area contributed by atoms with Gasteiger partial charge in [-0.05, 0) is 26.7 Å². The van der Waals surface area contributed by atoms with Crippen LogP contribution in [0, 0.1) is 0 Å². The number of carbonyl (C=O) groups excluding carboxylic acids is 1. The average Bonchev–Trinajstić information content (AvgIpc) is 2.00. The number of hydrogen-bond donors (Lipinski definition) is 1. The van der Waals surface area contributed by atoms with Gasteiger partial charge < -0.3 is 5.32 Å². The van der Waals surface area contributed by atoms with Crippen molar-refractivity contribution < 1.29 is 4.79 Å². The number of nitrogens with one attached hydrogen (secondary N) is 1. The Balaban J connectivity index is 3.85. The molecular formula is C9H16ClNO. The van der Waals surface area contributed by atoms with Gasteiger partial charge in [0.1, 0.15) is 5.88 Å². The van der Waals surface area contributed by atoms with E-state index in [1.807, 2.05) is 19.9 Å². The number of rotatable bonds is 5. The standard InChI is InChI=1S/C9H16ClNO/c1-4-5-6-9(2,3)11-8(12)7-10/h4H,1,5-7H2,2-3H3,(H,11,12). The van der Waals surface area contributed by atoms with Crippen LogP contribution in [0.5, 0.6) is 0 Å². The Morgan fingerprint density at radius 3 is 2.67 bits per heavy atom. The summed E-state index contributed by atoms with van der Waals surface area (Å²) >= 11 is 5.36. The maximum atomic E-state index is 10.9. The van der Waals surface area contributed by atoms with Crippen LogP contribution in [0.15, 0.2) is 12.7 Å². The molecule has 0 aliphatic carbocycles. The van der Waals surface area contributed by atoms with Crippen molar-refractivity contribution in [3.63, 3.8) is 0 Å². The summed E-state index contributed by atoms with van der Waals surface area (Å²) in [5, 5.41) is 2.82. The van der Waals surface area contributed by atoms with E-state index in [1.54, 1.807) is 0 Å². The van der Waals surface area contributed by atoms with E-state index < -0.39 is 0 Å². The molecule has 0 aromatic heterocycles. The van der Waals surface area contributed by atoms with Gasteiger partial charge in [0.2, 0.25) is 5.91 Å². The number of halogens is 1. The lowest BCUT2D eigenvalue weighted by Gasteiger charge is -2.25. The third-order valence-electron chi connectivity index (χ3n) is 1.57. The van der Waals surface area contributed by atoms with Gasteiger partial charge in [0.05, 0.1) is 0 Å². The van der Waals surface area contributed by atoms with Crippen LogP contribution in [-0.4, -0.2) is 17.3 Å². The Morgan fingerprint density at radius 1 is 1.67 bits per heavy atom. The molecule has 0 fully saturated rings. The Hall–Kier alpha value is -0.500. The monoisotopic (exact) mass is 189 g/mol. The second kappa shape index (κ2) is 5.20. The molecule has 0 aromatic carbocycles. The number of carbonyl (C=O) groups is 1. The number of alkyl halides is 1. The molecule has 12 heavy (non-hydrogen) atoms. The first kappa shape index (κ1) is 11.5. The molecule has 0 atom stereocenters. The molecule has 3 heteroatoms. The van der Waals surface area contributed by atoms with Gasteiger partial charge in [0.25, 0.3) is 0 Å². The fraction of sp³-hybridized carbons (Fsp3) is 0.667. The molecule has 0 aliphatic heterocycles. The second-order valence-electron chi connectivity index (χ2n) is 3.39. The van der Waals surface area contributed by atoms with Crippen LogP contribution in [0.4, 0.5) is 0 Å². The zero-order valence-corrected chi connectivity index (χ0v) is 8.45. The van der Waals surface area contributed by atoms with Crippen LogP contribution >= 0.6 is 11.6 Å². The molecule has 0 saturated carbocycles. The van der Waals surface area contributed by atoms with Gasteiger partial charge in [-0.2, -0.15) is 0 Å². The average molecular weight is 190 g/mol. The van der Waals surface area contributed by atoms with Gasteiger partial charge in [-0.25, -0.2) is 0 Å². The third kappa shape index (κ3) is 5.19. The summed E-state index contributed by atoms with van der Waals surface area (Å²) in [6, 6.07) is 0. The minimum atomic E-state index is -0.180. The van der Waals surface area contributed by atoms with Gasteiger partial charge in [0, 0.05) is 5.54 Å². The number of allylic oxidation sites excluding steroid dienone is 1. The highest BCUT2D eigenvalue weighted by molar-refractivity contribution is 6.27. The molecule has 0 aliphatic rings. The van der Waals surface area contributed by atoms with Gasteiger partial charge in [-0.15, -0.1) is 18.2 Å². The van der Waals surface area contributed by atoms with Gasteiger partial charge in [-0.3, -0.25) is 4.79 Å². The van der Waals surface area contributed by atoms with Crippen LogP contribution in [0.3, 0.4) is 0 Å². The van der Waals surface area contributed by atoms with E-state index in [-0.39, 0.29) is 17.3 Å². The zero-order valence-electron chi connectivity index (χ0n) is 7.69. The molecule has 70 valence electrons. The lowest BCUT2D eigenvalue weighted by molar-refractivity contribution is -0.120. The molecule has 0 spiro atoms. The van der Waals surface area contributed by atoms with Gasteiger partial charge in [-0.1, -0.05) is 6.08 Å². The lowest BCUT2D eigenvalue weighted by atomic mass is 9.98. The van der Waals surface area contributed by atoms with Crippen molar-refractivity contribution in [2.75, 3.05) is 5.88 Å². The SMILES string of the molecule is C=CCCC(C)(C)NC(=O)CCl. The first-order valence-corrected chi connectivity index (χ1v) is 4.53. The van der Waals surface area contributed by atoms with Crippen LogP contribution < -0.4 is 5.32 Å². The Morgan fingerprint density at radius 2 is 2.25 bits per heavy atom. The summed E-state index contributed by atoms with van der Waals surface area (Å²) in [6.45, 7) is 7.57. The smallest absolute Gasteiger partial charge is 0.235 e. The molecule has 2 nitrogen and oxygen atoms in total. The van der Waals surface area contributed by atoms with Crippen LogP contribution in [-0.2, 0) is 4.79 Å². The zero-order chi connectivity index (χ0) is 9.61. The predicted molar refractivity (Wildman–Crippen MR) is 52.4 cm³/mol. The molecular weight excluding hydrogens is 174 g/mol. The molecule has 0 unspecified atom stereocenters. The molecule has 0 rings (SSSR count). The first-order chi connectivity index (χ1) is 5.52. The number of hydrogen-bond acceptors (Lipinski definition) is 1. The molecule has 0 saturated heterocycles. The van der Waals surface area contributed by atoms with E-state index in [2.05, 4.69) is 11.9 Å². The van der Waals surface area contributed by atoms with E-state index >= 15 is 0 Å². The molecule has 0 radical (unpaired) electrons. The van der Waals surface area contributed by atoms with E-state index in [0.29, 0.717) is 0 Å². The highest BCUT2D eigenvalue weighted by atomic mass is 35.5. The highest BCUT2D eigenvalue weighted by Gasteiger charge is 2.18. The summed E-state index contributed by atoms with van der Waals surface area (Å²) in [4.78, 5) is 10.9. The van der Waals surface area contributed by atoms with Crippen molar-refractivity contribution in [1.82, 2.24) is 5.32 Å². The first-order valence-electron chi connectivity index (χ1n) is 3.99. The minimum Gasteiger partial charge on any atom is -0.350 e. The van der Waals surface area contributed by atoms with Crippen molar-refractivity contribution in [3.05, 3.63) is 12.7 Å². The predicted octanol–water partition coefficient (Wildman–Crippen LogP) is 2.09. The minimum absolute atomic E-state index is 0.0253. The second-order valence-corrected chi connectivity index (χ2v) is 3.66. The summed E-state index contributed by atoms with van der Waals surface area (Å²) in [6.07, 6.45) is 3.63. The fourth-order valence-electron chi connectivity index (χ4n) is 0.936. The largest absolute Gasteiger partial charge is 0.350 e. The molecule has 0 heterocycles. The van der Waals surface area contributed by atoms with Crippen molar-refractivity contribution in [1.29, 1.82) is 0 Å². The number of amides is 1.